The third kappa shape index (κ3) is 2.74. The summed E-state index contributed by atoms with van der Waals surface area (Å²) in [4.78, 5) is 19.9. The van der Waals surface area contributed by atoms with E-state index in [2.05, 4.69) is 15.3 Å². The molecule has 0 bridgehead atoms. The molecule has 114 valence electrons. The number of imidazole rings is 1. The van der Waals surface area contributed by atoms with E-state index in [1.165, 1.54) is 0 Å². The Kier molecular flexibility index (Phi) is 3.71. The lowest BCUT2D eigenvalue weighted by Crippen LogP contribution is -2.28. The van der Waals surface area contributed by atoms with Crippen LogP contribution in [0, 0.1) is 13.8 Å². The number of aromatic amines is 1. The number of aromatic nitrogens is 2. The van der Waals surface area contributed by atoms with E-state index in [9.17, 15) is 4.79 Å². The smallest absolute Gasteiger partial charge is 0.251 e. The van der Waals surface area contributed by atoms with Gasteiger partial charge in [0.1, 0.15) is 17.2 Å². The number of hydrogen-bond donors (Lipinski definition) is 2. The molecule has 0 aliphatic carbocycles. The summed E-state index contributed by atoms with van der Waals surface area (Å²) in [5, 5.41) is 3.96. The molecule has 5 heteroatoms. The van der Waals surface area contributed by atoms with Crippen LogP contribution in [-0.4, -0.2) is 15.9 Å². The lowest BCUT2D eigenvalue weighted by atomic mass is 10.1. The molecule has 1 aromatic carbocycles. The van der Waals surface area contributed by atoms with Crippen molar-refractivity contribution >= 4 is 16.9 Å². The van der Waals surface area contributed by atoms with Crippen LogP contribution in [0.5, 0.6) is 0 Å². The molecule has 0 aliphatic heterocycles. The number of furan rings is 1. The second-order valence-corrected chi connectivity index (χ2v) is 5.50. The van der Waals surface area contributed by atoms with Gasteiger partial charge in [-0.1, -0.05) is 6.92 Å². The first-order valence-corrected chi connectivity index (χ1v) is 7.39. The van der Waals surface area contributed by atoms with Crippen molar-refractivity contribution in [1.82, 2.24) is 15.3 Å². The zero-order chi connectivity index (χ0) is 15.7. The number of rotatable bonds is 4. The number of amides is 1. The molecule has 0 saturated heterocycles. The van der Waals surface area contributed by atoms with E-state index in [4.69, 9.17) is 4.42 Å². The average Bonchev–Trinajstić information content (AvgIpc) is 3.08. The molecule has 2 heterocycles. The molecule has 0 aliphatic rings. The fourth-order valence-corrected chi connectivity index (χ4v) is 2.53. The van der Waals surface area contributed by atoms with Gasteiger partial charge in [0.05, 0.1) is 6.04 Å². The van der Waals surface area contributed by atoms with Gasteiger partial charge in [-0.25, -0.2) is 4.98 Å². The van der Waals surface area contributed by atoms with Crippen LogP contribution in [-0.2, 0) is 0 Å². The number of nitrogens with one attached hydrogen (secondary N) is 2. The van der Waals surface area contributed by atoms with Crippen LogP contribution in [0.25, 0.3) is 11.0 Å². The summed E-state index contributed by atoms with van der Waals surface area (Å²) in [7, 11) is 0. The van der Waals surface area contributed by atoms with Crippen molar-refractivity contribution in [2.75, 3.05) is 0 Å². The van der Waals surface area contributed by atoms with Crippen LogP contribution in [0.1, 0.15) is 47.0 Å². The molecule has 22 heavy (non-hydrogen) atoms. The largest absolute Gasteiger partial charge is 0.461 e. The Morgan fingerprint density at radius 3 is 2.86 bits per heavy atom. The minimum Gasteiger partial charge on any atom is -0.461 e. The highest BCUT2D eigenvalue weighted by Crippen LogP contribution is 2.21. The molecule has 0 saturated carbocycles. The summed E-state index contributed by atoms with van der Waals surface area (Å²) in [5.41, 5.74) is 2.40. The van der Waals surface area contributed by atoms with E-state index >= 15 is 0 Å². The molecule has 0 fully saturated rings. The first-order valence-electron chi connectivity index (χ1n) is 7.39. The number of nitrogens with zero attached hydrogens (tertiary/aromatic N) is 1. The van der Waals surface area contributed by atoms with Gasteiger partial charge >= 0.3 is 0 Å². The summed E-state index contributed by atoms with van der Waals surface area (Å²) in [6.45, 7) is 5.86. The van der Waals surface area contributed by atoms with Gasteiger partial charge in [-0.3, -0.25) is 4.79 Å². The Balaban J connectivity index is 1.82. The Hall–Kier alpha value is -2.56. The number of benzene rings is 1. The van der Waals surface area contributed by atoms with Crippen molar-refractivity contribution in [3.63, 3.8) is 0 Å². The number of fused-ring (bicyclic) bond motifs is 1. The van der Waals surface area contributed by atoms with Crippen LogP contribution in [0.2, 0.25) is 0 Å². The Bertz CT molecular complexity index is 816. The zero-order valence-corrected chi connectivity index (χ0v) is 12.9. The first-order chi connectivity index (χ1) is 10.6. The number of hydrogen-bond acceptors (Lipinski definition) is 3. The molecule has 1 amide bonds. The molecule has 0 radical (unpaired) electrons. The van der Waals surface area contributed by atoms with Gasteiger partial charge in [-0.05, 0) is 44.5 Å². The van der Waals surface area contributed by atoms with E-state index in [0.717, 1.165) is 34.7 Å². The Morgan fingerprint density at radius 1 is 1.36 bits per heavy atom. The SMILES string of the molecule is CCC(NC(=O)c1ccc2oc(C)cc2c1)c1ncc(C)[nH]1. The summed E-state index contributed by atoms with van der Waals surface area (Å²) < 4.78 is 5.53. The molecular formula is C17H19N3O2. The minimum atomic E-state index is -0.122. The van der Waals surface area contributed by atoms with Crippen LogP contribution < -0.4 is 5.32 Å². The third-order valence-electron chi connectivity index (χ3n) is 3.67. The van der Waals surface area contributed by atoms with Gasteiger partial charge < -0.3 is 14.7 Å². The number of H-pyrrole nitrogens is 1. The van der Waals surface area contributed by atoms with Crippen molar-refractivity contribution in [2.45, 2.75) is 33.2 Å². The highest BCUT2D eigenvalue weighted by molar-refractivity contribution is 5.98. The van der Waals surface area contributed by atoms with Gasteiger partial charge in [-0.15, -0.1) is 0 Å². The lowest BCUT2D eigenvalue weighted by Gasteiger charge is -2.14. The summed E-state index contributed by atoms with van der Waals surface area (Å²) in [6, 6.07) is 7.26. The lowest BCUT2D eigenvalue weighted by molar-refractivity contribution is 0.0934. The maximum absolute atomic E-state index is 12.5. The van der Waals surface area contributed by atoms with Crippen molar-refractivity contribution in [2.24, 2.45) is 0 Å². The zero-order valence-electron chi connectivity index (χ0n) is 12.9. The van der Waals surface area contributed by atoms with Gasteiger partial charge in [0.15, 0.2) is 0 Å². The maximum Gasteiger partial charge on any atom is 0.251 e. The quantitative estimate of drug-likeness (QED) is 0.772. The third-order valence-corrected chi connectivity index (χ3v) is 3.67. The monoisotopic (exact) mass is 297 g/mol. The van der Waals surface area contributed by atoms with Gasteiger partial charge in [0.2, 0.25) is 0 Å². The van der Waals surface area contributed by atoms with E-state index in [1.54, 1.807) is 12.3 Å². The topological polar surface area (TPSA) is 70.9 Å². The highest BCUT2D eigenvalue weighted by atomic mass is 16.3. The van der Waals surface area contributed by atoms with Crippen LogP contribution >= 0.6 is 0 Å². The van der Waals surface area contributed by atoms with Crippen molar-refractivity contribution in [3.05, 3.63) is 53.3 Å². The fraction of sp³-hybridized carbons (Fsp3) is 0.294. The van der Waals surface area contributed by atoms with Crippen molar-refractivity contribution < 1.29 is 9.21 Å². The van der Waals surface area contributed by atoms with Gasteiger partial charge in [0, 0.05) is 22.8 Å². The standard InChI is InChI=1S/C17H19N3O2/c1-4-14(16-18-9-10(2)19-16)20-17(21)12-5-6-15-13(8-12)7-11(3)22-15/h5-9,14H,4H2,1-3H3,(H,18,19)(H,20,21). The van der Waals surface area contributed by atoms with E-state index in [1.807, 2.05) is 39.0 Å². The molecule has 1 atom stereocenters. The average molecular weight is 297 g/mol. The summed E-state index contributed by atoms with van der Waals surface area (Å²) in [6.07, 6.45) is 2.54. The summed E-state index contributed by atoms with van der Waals surface area (Å²) in [5.74, 6) is 1.51. The van der Waals surface area contributed by atoms with Gasteiger partial charge in [-0.2, -0.15) is 0 Å². The maximum atomic E-state index is 12.5. The molecule has 2 aromatic heterocycles. The molecule has 3 rings (SSSR count). The van der Waals surface area contributed by atoms with Crippen LogP contribution in [0.3, 0.4) is 0 Å². The predicted molar refractivity (Wildman–Crippen MR) is 84.8 cm³/mol. The number of carbonyl (C=O) groups is 1. The van der Waals surface area contributed by atoms with Crippen molar-refractivity contribution in [3.8, 4) is 0 Å². The normalized spacial score (nSPS) is 12.5. The molecular weight excluding hydrogens is 278 g/mol. The molecule has 3 aromatic rings. The van der Waals surface area contributed by atoms with Gasteiger partial charge in [0.25, 0.3) is 5.91 Å². The molecule has 0 spiro atoms. The second-order valence-electron chi connectivity index (χ2n) is 5.50. The molecule has 5 nitrogen and oxygen atoms in total. The van der Waals surface area contributed by atoms with E-state index in [0.29, 0.717) is 5.56 Å². The van der Waals surface area contributed by atoms with Crippen LogP contribution in [0.4, 0.5) is 0 Å². The number of aryl methyl sites for hydroxylation is 2. The highest BCUT2D eigenvalue weighted by Gasteiger charge is 2.17. The number of carbonyl (C=O) groups excluding carboxylic acids is 1. The molecule has 2 N–H and O–H groups in total. The Labute approximate surface area is 128 Å². The van der Waals surface area contributed by atoms with E-state index < -0.39 is 0 Å². The first kappa shape index (κ1) is 14.4. The Morgan fingerprint density at radius 2 is 2.18 bits per heavy atom. The minimum absolute atomic E-state index is 0.110. The van der Waals surface area contributed by atoms with Crippen LogP contribution in [0.15, 0.2) is 34.9 Å². The van der Waals surface area contributed by atoms with Crippen molar-refractivity contribution in [1.29, 1.82) is 0 Å². The molecule has 1 unspecified atom stereocenters. The fourth-order valence-electron chi connectivity index (χ4n) is 2.53. The predicted octanol–water partition coefficient (Wildman–Crippen LogP) is 3.65. The summed E-state index contributed by atoms with van der Waals surface area (Å²) >= 11 is 0. The van der Waals surface area contributed by atoms with E-state index in [-0.39, 0.29) is 11.9 Å². The second kappa shape index (κ2) is 5.67.